The standard InChI is InChI=1S/C27H33N3O5/c1-27(2,3)35-26(32)30-10-8-29(9-11-30)12-13-34-19-21-15-23(17-24(16-21)25(31)33-4)22-7-5-6-20(14-22)18-28/h5-7,14-17H,8-13,19H2,1-4H3. The highest BCUT2D eigenvalue weighted by Crippen LogP contribution is 2.24. The number of rotatable bonds is 7. The zero-order valence-corrected chi connectivity index (χ0v) is 20.9. The van der Waals surface area contributed by atoms with Crippen molar-refractivity contribution in [2.45, 2.75) is 33.0 Å². The Hall–Kier alpha value is -3.41. The molecule has 0 bridgehead atoms. The molecule has 0 N–H and O–H groups in total. The normalized spacial score (nSPS) is 14.3. The number of amides is 1. The molecule has 1 aliphatic rings. The number of carbonyl (C=O) groups excluding carboxylic acids is 2. The first-order chi connectivity index (χ1) is 16.7. The molecule has 0 atom stereocenters. The molecule has 1 amide bonds. The second-order valence-corrected chi connectivity index (χ2v) is 9.46. The summed E-state index contributed by atoms with van der Waals surface area (Å²) in [5.41, 5.74) is 3.01. The third-order valence-corrected chi connectivity index (χ3v) is 5.58. The third kappa shape index (κ3) is 7.81. The van der Waals surface area contributed by atoms with Gasteiger partial charge in [-0.15, -0.1) is 0 Å². The number of carbonyl (C=O) groups is 2. The van der Waals surface area contributed by atoms with Gasteiger partial charge in [-0.2, -0.15) is 5.26 Å². The lowest BCUT2D eigenvalue weighted by Gasteiger charge is -2.35. The molecule has 1 saturated heterocycles. The molecule has 2 aromatic carbocycles. The molecule has 1 aliphatic heterocycles. The molecule has 0 unspecified atom stereocenters. The van der Waals surface area contributed by atoms with Crippen molar-refractivity contribution in [2.24, 2.45) is 0 Å². The largest absolute Gasteiger partial charge is 0.465 e. The molecule has 1 heterocycles. The predicted octanol–water partition coefficient (Wildman–Crippen LogP) is 4.08. The van der Waals surface area contributed by atoms with E-state index in [1.54, 1.807) is 29.2 Å². The van der Waals surface area contributed by atoms with E-state index in [0.29, 0.717) is 37.4 Å². The van der Waals surface area contributed by atoms with Gasteiger partial charge in [0.1, 0.15) is 5.60 Å². The minimum Gasteiger partial charge on any atom is -0.465 e. The second-order valence-electron chi connectivity index (χ2n) is 9.46. The lowest BCUT2D eigenvalue weighted by molar-refractivity contribution is 0.0110. The lowest BCUT2D eigenvalue weighted by atomic mass is 9.98. The molecule has 0 saturated carbocycles. The van der Waals surface area contributed by atoms with Crippen LogP contribution in [0.4, 0.5) is 4.79 Å². The second kappa shape index (κ2) is 11.8. The van der Waals surface area contributed by atoms with Crippen molar-refractivity contribution in [1.82, 2.24) is 9.80 Å². The van der Waals surface area contributed by atoms with Gasteiger partial charge >= 0.3 is 12.1 Å². The van der Waals surface area contributed by atoms with Crippen LogP contribution in [0.15, 0.2) is 42.5 Å². The SMILES string of the molecule is COC(=O)c1cc(COCCN2CCN(C(=O)OC(C)(C)C)CC2)cc(-c2cccc(C#N)c2)c1. The van der Waals surface area contributed by atoms with Crippen molar-refractivity contribution >= 4 is 12.1 Å². The Balaban J connectivity index is 1.55. The van der Waals surface area contributed by atoms with Crippen molar-refractivity contribution in [3.05, 3.63) is 59.2 Å². The Labute approximate surface area is 207 Å². The highest BCUT2D eigenvalue weighted by molar-refractivity contribution is 5.91. The summed E-state index contributed by atoms with van der Waals surface area (Å²) in [5.74, 6) is -0.424. The van der Waals surface area contributed by atoms with E-state index in [4.69, 9.17) is 14.2 Å². The van der Waals surface area contributed by atoms with E-state index in [2.05, 4.69) is 11.0 Å². The smallest absolute Gasteiger partial charge is 0.410 e. The van der Waals surface area contributed by atoms with Crippen LogP contribution in [-0.4, -0.2) is 73.9 Å². The van der Waals surface area contributed by atoms with E-state index in [0.717, 1.165) is 36.3 Å². The average molecular weight is 480 g/mol. The summed E-state index contributed by atoms with van der Waals surface area (Å²) in [6.45, 7) is 9.99. The molecule has 1 fully saturated rings. The van der Waals surface area contributed by atoms with Crippen LogP contribution in [0.2, 0.25) is 0 Å². The van der Waals surface area contributed by atoms with Gasteiger partial charge in [0.15, 0.2) is 0 Å². The van der Waals surface area contributed by atoms with Crippen LogP contribution < -0.4 is 0 Å². The van der Waals surface area contributed by atoms with Crippen molar-refractivity contribution in [2.75, 3.05) is 46.4 Å². The molecule has 186 valence electrons. The van der Waals surface area contributed by atoms with Crippen LogP contribution in [0.3, 0.4) is 0 Å². The van der Waals surface area contributed by atoms with Crippen LogP contribution >= 0.6 is 0 Å². The van der Waals surface area contributed by atoms with E-state index in [-0.39, 0.29) is 6.09 Å². The van der Waals surface area contributed by atoms with Crippen LogP contribution in [0, 0.1) is 11.3 Å². The zero-order chi connectivity index (χ0) is 25.4. The number of esters is 1. The maximum atomic E-state index is 12.2. The fourth-order valence-electron chi connectivity index (χ4n) is 3.81. The fraction of sp³-hybridized carbons (Fsp3) is 0.444. The summed E-state index contributed by atoms with van der Waals surface area (Å²) in [6, 6.07) is 14.9. The van der Waals surface area contributed by atoms with Gasteiger partial charge in [0, 0.05) is 32.7 Å². The van der Waals surface area contributed by atoms with Crippen molar-refractivity contribution < 1.29 is 23.8 Å². The first kappa shape index (κ1) is 26.2. The number of nitriles is 1. The molecule has 35 heavy (non-hydrogen) atoms. The highest BCUT2D eigenvalue weighted by atomic mass is 16.6. The summed E-state index contributed by atoms with van der Waals surface area (Å²) in [7, 11) is 1.35. The van der Waals surface area contributed by atoms with Gasteiger partial charge in [0.25, 0.3) is 0 Å². The summed E-state index contributed by atoms with van der Waals surface area (Å²) in [5, 5.41) is 9.21. The number of piperazine rings is 1. The minimum absolute atomic E-state index is 0.269. The van der Waals surface area contributed by atoms with E-state index in [1.807, 2.05) is 39.0 Å². The Kier molecular flexibility index (Phi) is 8.85. The summed E-state index contributed by atoms with van der Waals surface area (Å²) in [6.07, 6.45) is -0.269. The van der Waals surface area contributed by atoms with E-state index in [9.17, 15) is 14.9 Å². The van der Waals surface area contributed by atoms with Gasteiger partial charge in [0.2, 0.25) is 0 Å². The van der Waals surface area contributed by atoms with E-state index >= 15 is 0 Å². The third-order valence-electron chi connectivity index (χ3n) is 5.58. The number of hydrogen-bond acceptors (Lipinski definition) is 7. The maximum Gasteiger partial charge on any atom is 0.410 e. The van der Waals surface area contributed by atoms with Crippen LogP contribution in [0.25, 0.3) is 11.1 Å². The molecular formula is C27H33N3O5. The molecular weight excluding hydrogens is 446 g/mol. The fourth-order valence-corrected chi connectivity index (χ4v) is 3.81. The molecule has 2 aromatic rings. The monoisotopic (exact) mass is 479 g/mol. The van der Waals surface area contributed by atoms with Crippen molar-refractivity contribution in [1.29, 1.82) is 5.26 Å². The van der Waals surface area contributed by atoms with E-state index < -0.39 is 11.6 Å². The maximum absolute atomic E-state index is 12.2. The first-order valence-electron chi connectivity index (χ1n) is 11.7. The number of ether oxygens (including phenoxy) is 3. The Morgan fingerprint density at radius 2 is 1.77 bits per heavy atom. The predicted molar refractivity (Wildman–Crippen MR) is 132 cm³/mol. The summed E-state index contributed by atoms with van der Waals surface area (Å²) < 4.78 is 16.3. The summed E-state index contributed by atoms with van der Waals surface area (Å²) >= 11 is 0. The lowest BCUT2D eigenvalue weighted by Crippen LogP contribution is -2.50. The van der Waals surface area contributed by atoms with Gasteiger partial charge < -0.3 is 19.1 Å². The highest BCUT2D eigenvalue weighted by Gasteiger charge is 2.25. The van der Waals surface area contributed by atoms with Crippen LogP contribution in [0.1, 0.15) is 42.3 Å². The molecule has 3 rings (SSSR count). The number of hydrogen-bond donors (Lipinski definition) is 0. The average Bonchev–Trinajstić information content (AvgIpc) is 2.85. The van der Waals surface area contributed by atoms with Crippen molar-refractivity contribution in [3.8, 4) is 17.2 Å². The Morgan fingerprint density at radius 3 is 2.43 bits per heavy atom. The molecule has 0 aliphatic carbocycles. The molecule has 8 nitrogen and oxygen atoms in total. The molecule has 0 radical (unpaired) electrons. The van der Waals surface area contributed by atoms with Gasteiger partial charge in [-0.3, -0.25) is 4.90 Å². The van der Waals surface area contributed by atoms with Gasteiger partial charge in [0.05, 0.1) is 37.5 Å². The minimum atomic E-state index is -0.494. The zero-order valence-electron chi connectivity index (χ0n) is 20.9. The van der Waals surface area contributed by atoms with Crippen molar-refractivity contribution in [3.63, 3.8) is 0 Å². The number of methoxy groups -OCH3 is 1. The molecule has 8 heteroatoms. The Bertz CT molecular complexity index is 1080. The van der Waals surface area contributed by atoms with Gasteiger partial charge in [-0.1, -0.05) is 12.1 Å². The number of nitrogens with zero attached hydrogens (tertiary/aromatic N) is 3. The Morgan fingerprint density at radius 1 is 1.03 bits per heavy atom. The summed E-state index contributed by atoms with van der Waals surface area (Å²) in [4.78, 5) is 28.4. The topological polar surface area (TPSA) is 92.1 Å². The molecule has 0 spiro atoms. The number of benzene rings is 2. The molecule has 0 aromatic heterocycles. The van der Waals surface area contributed by atoms with Gasteiger partial charge in [-0.25, -0.2) is 9.59 Å². The van der Waals surface area contributed by atoms with Crippen LogP contribution in [-0.2, 0) is 20.8 Å². The van der Waals surface area contributed by atoms with Crippen LogP contribution in [0.5, 0.6) is 0 Å². The quantitative estimate of drug-likeness (QED) is 0.436. The van der Waals surface area contributed by atoms with E-state index in [1.165, 1.54) is 7.11 Å². The van der Waals surface area contributed by atoms with Gasteiger partial charge in [-0.05, 0) is 67.8 Å². The first-order valence-corrected chi connectivity index (χ1v) is 11.7.